The number of nitrogens with zero attached hydrogens (tertiary/aromatic N) is 4. The molecule has 4 atom stereocenters. The summed E-state index contributed by atoms with van der Waals surface area (Å²) in [6.07, 6.45) is 8.41. The maximum Gasteiger partial charge on any atom is 0.304 e. The summed E-state index contributed by atoms with van der Waals surface area (Å²) in [6.45, 7) is 3.09. The van der Waals surface area contributed by atoms with Gasteiger partial charge in [0.2, 0.25) is 5.91 Å². The van der Waals surface area contributed by atoms with Crippen LogP contribution in [-0.4, -0.2) is 91.3 Å². The standard InChI is InChI=1S/C36H43N5O5S/c1-38-19-25-16-24(38)20-40(25)35(43)36-18-30(36)29-17-26(46-2)10-12-27(29)33-32(22-7-4-3-5-8-22)28-11-9-23(15-31(28)41(33)21-36)34(42)37-47(44,45)39-13-6-14-39/h9-12,15,17,22,24-25,30H,3-8,13-14,16,18-21H2,1-2H3,(H,37,42)/t24-,25-,30?,36?/m0/s1. The fourth-order valence-electron chi connectivity index (χ4n) is 9.59. The first-order valence-corrected chi connectivity index (χ1v) is 18.8. The molecule has 0 spiro atoms. The van der Waals surface area contributed by atoms with E-state index in [1.807, 2.05) is 18.2 Å². The second-order valence-corrected chi connectivity index (χ2v) is 16.6. The zero-order valence-electron chi connectivity index (χ0n) is 27.2. The Bertz CT molecular complexity index is 1930. The number of benzene rings is 2. The van der Waals surface area contributed by atoms with Gasteiger partial charge in [0, 0.05) is 72.8 Å². The van der Waals surface area contributed by atoms with Gasteiger partial charge in [0.25, 0.3) is 5.91 Å². The summed E-state index contributed by atoms with van der Waals surface area (Å²) in [4.78, 5) is 32.8. The van der Waals surface area contributed by atoms with Crippen LogP contribution in [0.4, 0.5) is 0 Å². The fourth-order valence-corrected chi connectivity index (χ4v) is 10.8. The number of hydrogen-bond donors (Lipinski definition) is 1. The van der Waals surface area contributed by atoms with Gasteiger partial charge in [-0.05, 0) is 86.5 Å². The molecule has 10 nitrogen and oxygen atoms in total. The first kappa shape index (κ1) is 29.7. The van der Waals surface area contributed by atoms with Crippen molar-refractivity contribution in [3.05, 3.63) is 53.1 Å². The summed E-state index contributed by atoms with van der Waals surface area (Å²) in [6, 6.07) is 12.7. The Kier molecular flexibility index (Phi) is 6.66. The Hall–Kier alpha value is -3.41. The maximum absolute atomic E-state index is 14.8. The Morgan fingerprint density at radius 2 is 1.79 bits per heavy atom. The number of fused-ring (bicyclic) bond motifs is 9. The molecule has 0 radical (unpaired) electrons. The molecule has 47 heavy (non-hydrogen) atoms. The summed E-state index contributed by atoms with van der Waals surface area (Å²) in [5.74, 6) is 0.874. The Morgan fingerprint density at radius 1 is 0.979 bits per heavy atom. The lowest BCUT2D eigenvalue weighted by Crippen LogP contribution is -2.50. The Labute approximate surface area is 276 Å². The fraction of sp³-hybridized carbons (Fsp3) is 0.556. The second-order valence-electron chi connectivity index (χ2n) is 14.9. The van der Waals surface area contributed by atoms with Gasteiger partial charge in [-0.15, -0.1) is 0 Å². The Balaban J connectivity index is 1.21. The van der Waals surface area contributed by atoms with Gasteiger partial charge in [-0.3, -0.25) is 14.5 Å². The predicted molar refractivity (Wildman–Crippen MR) is 179 cm³/mol. The molecule has 2 amide bonds. The van der Waals surface area contributed by atoms with Crippen LogP contribution in [0.2, 0.25) is 0 Å². The summed E-state index contributed by atoms with van der Waals surface area (Å²) < 4.78 is 37.3. The van der Waals surface area contributed by atoms with Crippen molar-refractivity contribution in [2.45, 2.75) is 81.8 Å². The number of likely N-dealkylation sites (tertiary alicyclic amines) is 2. The molecule has 6 aliphatic rings. The van der Waals surface area contributed by atoms with Crippen molar-refractivity contribution in [3.8, 4) is 17.0 Å². The molecule has 2 aromatic carbocycles. The molecule has 1 N–H and O–H groups in total. The van der Waals surface area contributed by atoms with Crippen molar-refractivity contribution in [2.75, 3.05) is 40.3 Å². The second kappa shape index (κ2) is 10.5. The summed E-state index contributed by atoms with van der Waals surface area (Å²) in [5, 5.41) is 1.10. The molecular weight excluding hydrogens is 614 g/mol. The minimum absolute atomic E-state index is 0.0827. The van der Waals surface area contributed by atoms with E-state index >= 15 is 0 Å². The number of ether oxygens (including phenoxy) is 1. The van der Waals surface area contributed by atoms with Crippen molar-refractivity contribution in [3.63, 3.8) is 0 Å². The number of methoxy groups -OCH3 is 1. The summed E-state index contributed by atoms with van der Waals surface area (Å²) >= 11 is 0. The van der Waals surface area contributed by atoms with Gasteiger partial charge >= 0.3 is 10.2 Å². The SMILES string of the molecule is COc1ccc2c(c1)C1CC1(C(=O)N1C[C@@H]3C[C@H]1CN3C)Cn1c-2c(C2CCCCC2)c2ccc(C(=O)NS(=O)(=O)N3CCC3)cc21. The van der Waals surface area contributed by atoms with Crippen LogP contribution in [0.15, 0.2) is 36.4 Å². The molecule has 3 saturated heterocycles. The monoisotopic (exact) mass is 657 g/mol. The zero-order chi connectivity index (χ0) is 32.2. The lowest BCUT2D eigenvalue weighted by atomic mass is 9.81. The van der Waals surface area contributed by atoms with Crippen molar-refractivity contribution in [1.29, 1.82) is 0 Å². The van der Waals surface area contributed by atoms with E-state index in [1.165, 1.54) is 34.7 Å². The molecule has 3 aromatic rings. The molecule has 2 unspecified atom stereocenters. The number of rotatable bonds is 6. The van der Waals surface area contributed by atoms with Crippen LogP contribution in [0, 0.1) is 5.41 Å². The van der Waals surface area contributed by atoms with E-state index in [0.29, 0.717) is 37.2 Å². The van der Waals surface area contributed by atoms with E-state index < -0.39 is 21.5 Å². The minimum atomic E-state index is -3.89. The van der Waals surface area contributed by atoms with Crippen LogP contribution in [-0.2, 0) is 21.5 Å². The number of piperazine rings is 1. The normalized spacial score (nSPS) is 28.7. The zero-order valence-corrected chi connectivity index (χ0v) is 28.0. The van der Waals surface area contributed by atoms with Gasteiger partial charge in [-0.2, -0.15) is 12.7 Å². The van der Waals surface area contributed by atoms with Crippen molar-refractivity contribution in [1.82, 2.24) is 23.4 Å². The number of amides is 2. The van der Waals surface area contributed by atoms with E-state index in [9.17, 15) is 18.0 Å². The van der Waals surface area contributed by atoms with E-state index in [0.717, 1.165) is 73.1 Å². The average Bonchev–Trinajstić information content (AvgIpc) is 3.28. The maximum atomic E-state index is 14.8. The molecule has 5 fully saturated rings. The Morgan fingerprint density at radius 3 is 2.47 bits per heavy atom. The number of hydrogen-bond acceptors (Lipinski definition) is 6. The lowest BCUT2D eigenvalue weighted by molar-refractivity contribution is -0.140. The molecule has 2 aliphatic carbocycles. The number of carbonyl (C=O) groups is 2. The summed E-state index contributed by atoms with van der Waals surface area (Å²) in [7, 11) is -0.0312. The lowest BCUT2D eigenvalue weighted by Gasteiger charge is -2.35. The van der Waals surface area contributed by atoms with E-state index in [4.69, 9.17) is 4.74 Å². The van der Waals surface area contributed by atoms with E-state index in [-0.39, 0.29) is 17.9 Å². The topological polar surface area (TPSA) is 104 Å². The highest BCUT2D eigenvalue weighted by molar-refractivity contribution is 7.87. The molecular formula is C36H43N5O5S. The van der Waals surface area contributed by atoms with Gasteiger partial charge < -0.3 is 14.2 Å². The largest absolute Gasteiger partial charge is 0.497 e. The van der Waals surface area contributed by atoms with Crippen LogP contribution >= 0.6 is 0 Å². The smallest absolute Gasteiger partial charge is 0.304 e. The van der Waals surface area contributed by atoms with Crippen LogP contribution in [0.25, 0.3) is 22.2 Å². The van der Waals surface area contributed by atoms with Crippen molar-refractivity contribution >= 4 is 32.9 Å². The molecule has 1 aromatic heterocycles. The highest BCUT2D eigenvalue weighted by Gasteiger charge is 2.65. The van der Waals surface area contributed by atoms with Gasteiger partial charge in [0.05, 0.1) is 18.2 Å². The van der Waals surface area contributed by atoms with Crippen molar-refractivity contribution in [2.24, 2.45) is 5.41 Å². The van der Waals surface area contributed by atoms with Crippen LogP contribution in [0.5, 0.6) is 5.75 Å². The summed E-state index contributed by atoms with van der Waals surface area (Å²) in [5.41, 5.74) is 5.41. The molecule has 11 heteroatoms. The first-order chi connectivity index (χ1) is 22.7. The minimum Gasteiger partial charge on any atom is -0.497 e. The predicted octanol–water partition coefficient (Wildman–Crippen LogP) is 4.45. The van der Waals surface area contributed by atoms with Crippen molar-refractivity contribution < 1.29 is 22.7 Å². The number of carbonyl (C=O) groups excluding carboxylic acids is 2. The third-order valence-electron chi connectivity index (χ3n) is 12.4. The van der Waals surface area contributed by atoms with E-state index in [2.05, 4.69) is 38.3 Å². The molecule has 9 rings (SSSR count). The van der Waals surface area contributed by atoms with Gasteiger partial charge in [-0.25, -0.2) is 4.72 Å². The number of aromatic nitrogens is 1. The third kappa shape index (κ3) is 4.45. The van der Waals surface area contributed by atoms with Crippen LogP contribution < -0.4 is 9.46 Å². The highest BCUT2D eigenvalue weighted by Crippen LogP contribution is 2.66. The molecule has 2 saturated carbocycles. The first-order valence-electron chi connectivity index (χ1n) is 17.4. The number of nitrogens with one attached hydrogen (secondary N) is 1. The molecule has 4 aliphatic heterocycles. The molecule has 5 heterocycles. The third-order valence-corrected chi connectivity index (χ3v) is 13.9. The van der Waals surface area contributed by atoms with Gasteiger partial charge in [-0.1, -0.05) is 25.3 Å². The van der Waals surface area contributed by atoms with Gasteiger partial charge in [0.1, 0.15) is 5.75 Å². The molecule has 248 valence electrons. The highest BCUT2D eigenvalue weighted by atomic mass is 32.2. The quantitative estimate of drug-likeness (QED) is 0.421. The van der Waals surface area contributed by atoms with Crippen LogP contribution in [0.1, 0.15) is 84.7 Å². The van der Waals surface area contributed by atoms with Gasteiger partial charge in [0.15, 0.2) is 0 Å². The average molecular weight is 658 g/mol. The molecule has 2 bridgehead atoms. The van der Waals surface area contributed by atoms with E-state index in [1.54, 1.807) is 13.2 Å². The number of likely N-dealkylation sites (N-methyl/N-ethyl adjacent to an activating group) is 1. The van der Waals surface area contributed by atoms with Crippen LogP contribution in [0.3, 0.4) is 0 Å².